The first-order valence-corrected chi connectivity index (χ1v) is 9.69. The van der Waals surface area contributed by atoms with Crippen LogP contribution >= 0.6 is 11.6 Å². The molecule has 0 radical (unpaired) electrons. The van der Waals surface area contributed by atoms with E-state index in [-0.39, 0.29) is 22.7 Å². The number of imide groups is 1. The van der Waals surface area contributed by atoms with E-state index in [1.807, 2.05) is 12.2 Å². The van der Waals surface area contributed by atoms with Gasteiger partial charge in [-0.2, -0.15) is 5.01 Å². The van der Waals surface area contributed by atoms with E-state index < -0.39 is 35.4 Å². The number of halogens is 2. The Balaban J connectivity index is 1.75. The van der Waals surface area contributed by atoms with Crippen LogP contribution in [0.15, 0.2) is 60.7 Å². The summed E-state index contributed by atoms with van der Waals surface area (Å²) in [5, 5.41) is 2.09. The number of nitrogens with zero attached hydrogens (tertiary/aromatic N) is 2. The minimum absolute atomic E-state index is 0.138. The zero-order chi connectivity index (χ0) is 20.5. The summed E-state index contributed by atoms with van der Waals surface area (Å²) in [5.74, 6) is -3.05. The second kappa shape index (κ2) is 7.79. The maximum Gasteiger partial charge on any atom is 0.274 e. The lowest BCUT2D eigenvalue weighted by Crippen LogP contribution is -2.50. The van der Waals surface area contributed by atoms with E-state index in [1.165, 1.54) is 24.3 Å². The molecule has 7 heteroatoms. The van der Waals surface area contributed by atoms with Crippen molar-refractivity contribution in [1.29, 1.82) is 0 Å². The van der Waals surface area contributed by atoms with Crippen molar-refractivity contribution in [3.63, 3.8) is 0 Å². The number of amides is 3. The van der Waals surface area contributed by atoms with Crippen LogP contribution in [0.2, 0.25) is 5.02 Å². The molecule has 4 rings (SSSR count). The molecule has 1 heterocycles. The number of hydrazine groups is 1. The Morgan fingerprint density at radius 2 is 1.59 bits per heavy atom. The van der Waals surface area contributed by atoms with Crippen LogP contribution in [0, 0.1) is 17.7 Å². The van der Waals surface area contributed by atoms with Crippen molar-refractivity contribution < 1.29 is 18.8 Å². The zero-order valence-corrected chi connectivity index (χ0v) is 16.2. The molecule has 1 saturated heterocycles. The molecule has 0 unspecified atom stereocenters. The summed E-state index contributed by atoms with van der Waals surface area (Å²) >= 11 is 6.18. The van der Waals surface area contributed by atoms with Gasteiger partial charge in [-0.15, -0.1) is 0 Å². The first-order chi connectivity index (χ1) is 14.0. The Labute approximate surface area is 172 Å². The average Bonchev–Trinajstić information content (AvgIpc) is 2.98. The quantitative estimate of drug-likeness (QED) is 0.563. The van der Waals surface area contributed by atoms with E-state index in [0.29, 0.717) is 12.8 Å². The molecule has 3 amide bonds. The summed E-state index contributed by atoms with van der Waals surface area (Å²) in [6.07, 6.45) is 4.62. The minimum atomic E-state index is -0.632. The molecule has 148 valence electrons. The molecule has 0 saturated carbocycles. The number of allylic oxidation sites excluding steroid dienone is 2. The van der Waals surface area contributed by atoms with Crippen LogP contribution in [0.25, 0.3) is 0 Å². The fourth-order valence-electron chi connectivity index (χ4n) is 3.82. The van der Waals surface area contributed by atoms with Crippen molar-refractivity contribution in [2.75, 3.05) is 0 Å². The predicted molar refractivity (Wildman–Crippen MR) is 105 cm³/mol. The van der Waals surface area contributed by atoms with Gasteiger partial charge in [0.15, 0.2) is 0 Å². The highest BCUT2D eigenvalue weighted by atomic mass is 35.5. The number of carbonyl (C=O) groups excluding carboxylic acids is 3. The minimum Gasteiger partial charge on any atom is -0.272 e. The van der Waals surface area contributed by atoms with Gasteiger partial charge < -0.3 is 0 Å². The predicted octanol–water partition coefficient (Wildman–Crippen LogP) is 3.99. The Morgan fingerprint density at radius 1 is 1.00 bits per heavy atom. The van der Waals surface area contributed by atoms with E-state index in [4.69, 9.17) is 11.6 Å². The first-order valence-electron chi connectivity index (χ1n) is 9.31. The van der Waals surface area contributed by atoms with Crippen molar-refractivity contribution in [2.24, 2.45) is 11.8 Å². The zero-order valence-electron chi connectivity index (χ0n) is 15.4. The summed E-state index contributed by atoms with van der Waals surface area (Å²) in [6, 6.07) is 12.3. The molecule has 0 bridgehead atoms. The van der Waals surface area contributed by atoms with Gasteiger partial charge in [0.25, 0.3) is 17.7 Å². The third-order valence-electron chi connectivity index (χ3n) is 5.34. The summed E-state index contributed by atoms with van der Waals surface area (Å²) < 4.78 is 14.3. The fraction of sp³-hybridized carbons (Fsp3) is 0.227. The van der Waals surface area contributed by atoms with Gasteiger partial charge in [0.2, 0.25) is 0 Å². The van der Waals surface area contributed by atoms with Crippen LogP contribution < -0.4 is 0 Å². The standard InChI is InChI=1S/C22H18ClFN2O3/c23-18-11-5-4-10-17(18)20(27)25(13-14-7-1-6-12-19(14)24)26-21(28)15-8-2-3-9-16(15)22(26)29/h1-7,10-12,15-16H,8-9,13H2/t15-,16-/m1/s1. The summed E-state index contributed by atoms with van der Waals surface area (Å²) in [6.45, 7) is -0.263. The highest BCUT2D eigenvalue weighted by molar-refractivity contribution is 6.33. The number of benzene rings is 2. The van der Waals surface area contributed by atoms with Crippen LogP contribution in [0.5, 0.6) is 0 Å². The molecule has 29 heavy (non-hydrogen) atoms. The van der Waals surface area contributed by atoms with E-state index in [1.54, 1.807) is 24.3 Å². The molecule has 0 N–H and O–H groups in total. The Hall–Kier alpha value is -2.99. The number of hydrogen-bond acceptors (Lipinski definition) is 3. The maximum absolute atomic E-state index is 14.3. The van der Waals surface area contributed by atoms with Gasteiger partial charge in [-0.05, 0) is 31.0 Å². The molecule has 2 aliphatic rings. The number of fused-ring (bicyclic) bond motifs is 1. The first kappa shape index (κ1) is 19.3. The van der Waals surface area contributed by atoms with Gasteiger partial charge in [-0.25, -0.2) is 9.40 Å². The normalized spacial score (nSPS) is 20.7. The van der Waals surface area contributed by atoms with Gasteiger partial charge in [-0.3, -0.25) is 14.4 Å². The van der Waals surface area contributed by atoms with E-state index in [0.717, 1.165) is 10.0 Å². The molecule has 2 atom stereocenters. The van der Waals surface area contributed by atoms with Gasteiger partial charge >= 0.3 is 0 Å². The third kappa shape index (κ3) is 3.44. The number of carbonyl (C=O) groups is 3. The van der Waals surface area contributed by atoms with Crippen molar-refractivity contribution in [1.82, 2.24) is 10.0 Å². The van der Waals surface area contributed by atoms with Crippen LogP contribution in [-0.2, 0) is 16.1 Å². The van der Waals surface area contributed by atoms with Gasteiger partial charge in [-0.1, -0.05) is 54.1 Å². The van der Waals surface area contributed by atoms with Crippen LogP contribution in [0.1, 0.15) is 28.8 Å². The van der Waals surface area contributed by atoms with Crippen molar-refractivity contribution in [2.45, 2.75) is 19.4 Å². The smallest absolute Gasteiger partial charge is 0.272 e. The number of rotatable bonds is 4. The molecule has 2 aromatic carbocycles. The molecule has 0 spiro atoms. The van der Waals surface area contributed by atoms with E-state index in [9.17, 15) is 18.8 Å². The van der Waals surface area contributed by atoms with Crippen LogP contribution in [0.3, 0.4) is 0 Å². The van der Waals surface area contributed by atoms with Crippen LogP contribution in [0.4, 0.5) is 4.39 Å². The Kier molecular flexibility index (Phi) is 5.20. The van der Waals surface area contributed by atoms with Gasteiger partial charge in [0.1, 0.15) is 5.82 Å². The second-order valence-corrected chi connectivity index (χ2v) is 7.49. The summed E-state index contributed by atoms with van der Waals surface area (Å²) in [5.41, 5.74) is 0.334. The fourth-order valence-corrected chi connectivity index (χ4v) is 4.03. The van der Waals surface area contributed by atoms with Crippen LogP contribution in [-0.4, -0.2) is 27.7 Å². The third-order valence-corrected chi connectivity index (χ3v) is 5.67. The molecule has 1 aliphatic heterocycles. The largest absolute Gasteiger partial charge is 0.274 e. The lowest BCUT2D eigenvalue weighted by atomic mass is 9.85. The lowest BCUT2D eigenvalue weighted by Gasteiger charge is -2.31. The average molecular weight is 413 g/mol. The Morgan fingerprint density at radius 3 is 2.21 bits per heavy atom. The number of hydrogen-bond donors (Lipinski definition) is 0. The molecular formula is C22H18ClFN2O3. The molecule has 1 fully saturated rings. The van der Waals surface area contributed by atoms with Crippen molar-refractivity contribution in [3.8, 4) is 0 Å². The van der Waals surface area contributed by atoms with E-state index >= 15 is 0 Å². The molecular weight excluding hydrogens is 395 g/mol. The van der Waals surface area contributed by atoms with Gasteiger partial charge in [0.05, 0.1) is 29.0 Å². The maximum atomic E-state index is 14.3. The lowest BCUT2D eigenvalue weighted by molar-refractivity contribution is -0.155. The SMILES string of the molecule is O=C(c1ccccc1Cl)N(Cc1ccccc1F)N1C(=O)[C@@H]2CC=CC[C@H]2C1=O. The molecule has 0 aromatic heterocycles. The topological polar surface area (TPSA) is 57.7 Å². The summed E-state index contributed by atoms with van der Waals surface area (Å²) in [4.78, 5) is 39.4. The monoisotopic (exact) mass is 412 g/mol. The van der Waals surface area contributed by atoms with Crippen molar-refractivity contribution >= 4 is 29.3 Å². The van der Waals surface area contributed by atoms with Crippen molar-refractivity contribution in [3.05, 3.63) is 82.6 Å². The summed E-state index contributed by atoms with van der Waals surface area (Å²) in [7, 11) is 0. The molecule has 5 nitrogen and oxygen atoms in total. The van der Waals surface area contributed by atoms with E-state index in [2.05, 4.69) is 0 Å². The highest BCUT2D eigenvalue weighted by Gasteiger charge is 2.51. The van der Waals surface area contributed by atoms with Gasteiger partial charge in [0, 0.05) is 5.56 Å². The second-order valence-electron chi connectivity index (χ2n) is 7.08. The molecule has 1 aliphatic carbocycles. The highest BCUT2D eigenvalue weighted by Crippen LogP contribution is 2.37. The molecule has 2 aromatic rings. The Bertz CT molecular complexity index is 997.